The lowest BCUT2D eigenvalue weighted by atomic mass is 9.96. The second-order valence-electron chi connectivity index (χ2n) is 5.62. The Morgan fingerprint density at radius 3 is 2.95 bits per heavy atom. The highest BCUT2D eigenvalue weighted by Crippen LogP contribution is 2.29. The van der Waals surface area contributed by atoms with E-state index in [-0.39, 0.29) is 5.91 Å². The molecule has 1 aromatic heterocycles. The number of carbonyl (C=O) groups excluding carboxylic acids is 1. The third kappa shape index (κ3) is 1.66. The number of hydrogen-bond acceptors (Lipinski definition) is 4. The van der Waals surface area contributed by atoms with Gasteiger partial charge in [-0.25, -0.2) is 4.79 Å². The molecule has 0 radical (unpaired) electrons. The first kappa shape index (κ1) is 13.1. The third-order valence-electron chi connectivity index (χ3n) is 4.49. The first-order chi connectivity index (χ1) is 9.45. The van der Waals surface area contributed by atoms with Crippen molar-refractivity contribution in [1.82, 2.24) is 20.0 Å². The van der Waals surface area contributed by atoms with E-state index in [1.54, 1.807) is 18.7 Å². The van der Waals surface area contributed by atoms with Gasteiger partial charge in [-0.1, -0.05) is 0 Å². The van der Waals surface area contributed by atoms with Gasteiger partial charge in [0, 0.05) is 45.1 Å². The number of carbonyl (C=O) groups is 2. The Labute approximate surface area is 116 Å². The van der Waals surface area contributed by atoms with Gasteiger partial charge in [0.05, 0.1) is 5.69 Å². The van der Waals surface area contributed by atoms with E-state index in [0.29, 0.717) is 25.2 Å². The number of aryl methyl sites for hydroxylation is 1. The van der Waals surface area contributed by atoms with E-state index in [2.05, 4.69) is 10.4 Å². The van der Waals surface area contributed by atoms with Crippen LogP contribution < -0.4 is 5.32 Å². The standard InChI is InChI=1S/C13H18N4O3/c1-13(12(19)20)4-6-17-10(11(18)16(13)2)8-7-14-5-3-9(8)15-17/h14H,3-7H2,1-2H3,(H,19,20). The molecule has 0 fully saturated rings. The number of rotatable bonds is 1. The predicted molar refractivity (Wildman–Crippen MR) is 70.4 cm³/mol. The van der Waals surface area contributed by atoms with Gasteiger partial charge in [0.1, 0.15) is 11.2 Å². The number of hydrogen-bond donors (Lipinski definition) is 2. The van der Waals surface area contributed by atoms with Gasteiger partial charge in [0.2, 0.25) is 0 Å². The number of carboxylic acids is 1. The molecule has 0 aliphatic carbocycles. The van der Waals surface area contributed by atoms with Crippen molar-refractivity contribution in [2.75, 3.05) is 13.6 Å². The number of amides is 1. The molecular weight excluding hydrogens is 260 g/mol. The lowest BCUT2D eigenvalue weighted by Crippen LogP contribution is -2.52. The van der Waals surface area contributed by atoms with Crippen molar-refractivity contribution in [1.29, 1.82) is 0 Å². The molecule has 2 aliphatic rings. The molecule has 1 aromatic rings. The molecule has 0 spiro atoms. The Hall–Kier alpha value is -1.89. The molecule has 1 atom stereocenters. The summed E-state index contributed by atoms with van der Waals surface area (Å²) in [6, 6.07) is 0. The highest BCUT2D eigenvalue weighted by molar-refractivity contribution is 5.98. The maximum atomic E-state index is 12.7. The van der Waals surface area contributed by atoms with Gasteiger partial charge in [-0.3, -0.25) is 9.48 Å². The summed E-state index contributed by atoms with van der Waals surface area (Å²) in [6.45, 7) is 3.51. The molecule has 3 rings (SSSR count). The van der Waals surface area contributed by atoms with Crippen LogP contribution in [0.1, 0.15) is 35.1 Å². The van der Waals surface area contributed by atoms with Crippen LogP contribution in [0.25, 0.3) is 0 Å². The molecule has 3 heterocycles. The SMILES string of the molecule is CN1C(=O)c2c3c(nn2CCC1(C)C(=O)O)CCNC3. The van der Waals surface area contributed by atoms with Crippen molar-refractivity contribution in [3.63, 3.8) is 0 Å². The summed E-state index contributed by atoms with van der Waals surface area (Å²) in [4.78, 5) is 25.5. The van der Waals surface area contributed by atoms with Gasteiger partial charge in [-0.05, 0) is 6.92 Å². The smallest absolute Gasteiger partial charge is 0.329 e. The Morgan fingerprint density at radius 1 is 1.50 bits per heavy atom. The fraction of sp³-hybridized carbons (Fsp3) is 0.615. The number of carboxylic acid groups (broad SMARTS) is 1. The van der Waals surface area contributed by atoms with Crippen molar-refractivity contribution in [2.45, 2.75) is 38.4 Å². The molecule has 2 N–H and O–H groups in total. The van der Waals surface area contributed by atoms with Crippen molar-refractivity contribution in [3.05, 3.63) is 17.0 Å². The third-order valence-corrected chi connectivity index (χ3v) is 4.49. The minimum absolute atomic E-state index is 0.259. The lowest BCUT2D eigenvalue weighted by molar-refractivity contribution is -0.148. The molecular formula is C13H18N4O3. The van der Waals surface area contributed by atoms with Crippen LogP contribution in [0.3, 0.4) is 0 Å². The molecule has 108 valence electrons. The lowest BCUT2D eigenvalue weighted by Gasteiger charge is -2.33. The molecule has 20 heavy (non-hydrogen) atoms. The predicted octanol–water partition coefficient (Wildman–Crippen LogP) is -0.152. The van der Waals surface area contributed by atoms with E-state index in [1.807, 2.05) is 0 Å². The Balaban J connectivity index is 2.08. The van der Waals surface area contributed by atoms with Gasteiger partial charge in [-0.2, -0.15) is 5.10 Å². The summed E-state index contributed by atoms with van der Waals surface area (Å²) in [5, 5.41) is 17.2. The van der Waals surface area contributed by atoms with Gasteiger partial charge >= 0.3 is 5.97 Å². The number of fused-ring (bicyclic) bond motifs is 3. The maximum Gasteiger partial charge on any atom is 0.329 e. The van der Waals surface area contributed by atoms with Crippen LogP contribution in [-0.4, -0.2) is 50.8 Å². The number of nitrogens with zero attached hydrogens (tertiary/aromatic N) is 3. The number of nitrogens with one attached hydrogen (secondary N) is 1. The normalized spacial score (nSPS) is 25.9. The van der Waals surface area contributed by atoms with Crippen LogP contribution in [0.15, 0.2) is 0 Å². The van der Waals surface area contributed by atoms with E-state index in [1.165, 1.54) is 4.90 Å². The van der Waals surface area contributed by atoms with Crippen LogP contribution in [0, 0.1) is 0 Å². The summed E-state index contributed by atoms with van der Waals surface area (Å²) >= 11 is 0. The Bertz CT molecular complexity index is 595. The molecule has 0 aromatic carbocycles. The summed E-state index contributed by atoms with van der Waals surface area (Å²) in [6.07, 6.45) is 1.16. The monoisotopic (exact) mass is 278 g/mol. The Morgan fingerprint density at radius 2 is 2.25 bits per heavy atom. The Kier molecular flexibility index (Phi) is 2.82. The molecule has 7 heteroatoms. The topological polar surface area (TPSA) is 87.5 Å². The summed E-state index contributed by atoms with van der Waals surface area (Å²) < 4.78 is 1.69. The van der Waals surface area contributed by atoms with Crippen molar-refractivity contribution in [3.8, 4) is 0 Å². The van der Waals surface area contributed by atoms with Crippen LogP contribution in [0.4, 0.5) is 0 Å². The quantitative estimate of drug-likeness (QED) is 0.746. The minimum atomic E-state index is -1.19. The first-order valence-corrected chi connectivity index (χ1v) is 6.76. The molecule has 7 nitrogen and oxygen atoms in total. The van der Waals surface area contributed by atoms with Gasteiger partial charge in [0.15, 0.2) is 0 Å². The highest BCUT2D eigenvalue weighted by atomic mass is 16.4. The van der Waals surface area contributed by atoms with E-state index >= 15 is 0 Å². The average Bonchev–Trinajstić information content (AvgIpc) is 2.77. The van der Waals surface area contributed by atoms with Crippen LogP contribution in [-0.2, 0) is 24.3 Å². The zero-order chi connectivity index (χ0) is 14.5. The van der Waals surface area contributed by atoms with Crippen molar-refractivity contribution < 1.29 is 14.7 Å². The van der Waals surface area contributed by atoms with Crippen LogP contribution >= 0.6 is 0 Å². The largest absolute Gasteiger partial charge is 0.480 e. The fourth-order valence-electron chi connectivity index (χ4n) is 2.88. The average molecular weight is 278 g/mol. The van der Waals surface area contributed by atoms with E-state index in [4.69, 9.17) is 0 Å². The van der Waals surface area contributed by atoms with E-state index in [0.717, 1.165) is 24.2 Å². The molecule has 0 bridgehead atoms. The first-order valence-electron chi connectivity index (χ1n) is 6.76. The second-order valence-corrected chi connectivity index (χ2v) is 5.62. The molecule has 1 amide bonds. The van der Waals surface area contributed by atoms with Crippen LogP contribution in [0.2, 0.25) is 0 Å². The zero-order valence-electron chi connectivity index (χ0n) is 11.6. The van der Waals surface area contributed by atoms with E-state index < -0.39 is 11.5 Å². The van der Waals surface area contributed by atoms with Crippen molar-refractivity contribution in [2.24, 2.45) is 0 Å². The fourth-order valence-corrected chi connectivity index (χ4v) is 2.88. The number of likely N-dealkylation sites (N-methyl/N-ethyl adjacent to an activating group) is 1. The molecule has 2 aliphatic heterocycles. The second kappa shape index (κ2) is 4.31. The highest BCUT2D eigenvalue weighted by Gasteiger charge is 2.44. The van der Waals surface area contributed by atoms with Gasteiger partial charge < -0.3 is 15.3 Å². The molecule has 0 saturated heterocycles. The van der Waals surface area contributed by atoms with Gasteiger partial charge in [-0.15, -0.1) is 0 Å². The summed E-state index contributed by atoms with van der Waals surface area (Å²) in [5.41, 5.74) is 1.23. The van der Waals surface area contributed by atoms with Gasteiger partial charge in [0.25, 0.3) is 5.91 Å². The van der Waals surface area contributed by atoms with Crippen molar-refractivity contribution >= 4 is 11.9 Å². The molecule has 1 unspecified atom stereocenters. The number of aromatic nitrogens is 2. The molecule has 0 saturated carbocycles. The summed E-state index contributed by atoms with van der Waals surface area (Å²) in [5.74, 6) is -1.24. The van der Waals surface area contributed by atoms with E-state index in [9.17, 15) is 14.7 Å². The summed E-state index contributed by atoms with van der Waals surface area (Å²) in [7, 11) is 1.56. The van der Waals surface area contributed by atoms with Crippen LogP contribution in [0.5, 0.6) is 0 Å². The zero-order valence-corrected chi connectivity index (χ0v) is 11.6. The minimum Gasteiger partial charge on any atom is -0.480 e. The maximum absolute atomic E-state index is 12.7. The number of aliphatic carboxylic acids is 1.